The Labute approximate surface area is 263 Å². The van der Waals surface area contributed by atoms with Crippen molar-refractivity contribution in [3.8, 4) is 23.0 Å². The first-order chi connectivity index (χ1) is 21.8. The zero-order chi connectivity index (χ0) is 31.9. The molecule has 0 bridgehead atoms. The number of aromatic nitrogens is 1. The van der Waals surface area contributed by atoms with Crippen LogP contribution in [0.15, 0.2) is 93.9 Å². The number of para-hydroxylation sites is 1. The maximum atomic E-state index is 14.1. The maximum absolute atomic E-state index is 14.1. The number of benzene rings is 3. The zero-order valence-corrected chi connectivity index (χ0v) is 26.1. The van der Waals surface area contributed by atoms with E-state index in [1.807, 2.05) is 61.5 Å². The minimum absolute atomic E-state index is 0.151. The van der Waals surface area contributed by atoms with Gasteiger partial charge in [-0.3, -0.25) is 9.36 Å². The van der Waals surface area contributed by atoms with E-state index in [0.717, 1.165) is 5.56 Å². The van der Waals surface area contributed by atoms with Gasteiger partial charge < -0.3 is 23.7 Å². The van der Waals surface area contributed by atoms with Crippen molar-refractivity contribution in [2.45, 2.75) is 26.8 Å². The van der Waals surface area contributed by atoms with E-state index in [2.05, 4.69) is 9.73 Å². The molecular formula is C34H32N2O8S. The van der Waals surface area contributed by atoms with Crippen LogP contribution in [0, 0.1) is 0 Å². The molecule has 45 heavy (non-hydrogen) atoms. The van der Waals surface area contributed by atoms with Gasteiger partial charge in [0.1, 0.15) is 11.5 Å². The van der Waals surface area contributed by atoms with Crippen LogP contribution in [0.1, 0.15) is 37.9 Å². The lowest BCUT2D eigenvalue weighted by atomic mass is 9.95. The molecular weight excluding hydrogens is 596 g/mol. The van der Waals surface area contributed by atoms with Crippen LogP contribution < -0.4 is 29.1 Å². The minimum Gasteiger partial charge on any atom is -0.490 e. The van der Waals surface area contributed by atoms with E-state index in [4.69, 9.17) is 18.9 Å². The summed E-state index contributed by atoms with van der Waals surface area (Å²) in [5.41, 5.74) is 1.69. The van der Waals surface area contributed by atoms with E-state index in [9.17, 15) is 14.4 Å². The van der Waals surface area contributed by atoms with Crippen molar-refractivity contribution >= 4 is 29.4 Å². The zero-order valence-electron chi connectivity index (χ0n) is 25.3. The molecule has 0 fully saturated rings. The van der Waals surface area contributed by atoms with Gasteiger partial charge in [-0.05, 0) is 74.4 Å². The fourth-order valence-electron chi connectivity index (χ4n) is 4.83. The maximum Gasteiger partial charge on any atom is 0.343 e. The van der Waals surface area contributed by atoms with E-state index < -0.39 is 18.0 Å². The first-order valence-corrected chi connectivity index (χ1v) is 15.1. The molecule has 0 aliphatic carbocycles. The van der Waals surface area contributed by atoms with Crippen LogP contribution in [-0.4, -0.2) is 43.4 Å². The van der Waals surface area contributed by atoms with Crippen LogP contribution in [-0.2, 0) is 19.1 Å². The number of carbonyl (C=O) groups is 2. The van der Waals surface area contributed by atoms with E-state index in [1.165, 1.54) is 23.0 Å². The van der Waals surface area contributed by atoms with Gasteiger partial charge in [0.2, 0.25) is 0 Å². The Kier molecular flexibility index (Phi) is 9.79. The van der Waals surface area contributed by atoms with Crippen molar-refractivity contribution in [3.63, 3.8) is 0 Å². The number of carbonyl (C=O) groups excluding carboxylic acids is 2. The molecule has 3 aromatic carbocycles. The number of hydrogen-bond acceptors (Lipinski definition) is 10. The quantitative estimate of drug-likeness (QED) is 0.223. The fraction of sp³-hybridized carbons (Fsp3) is 0.235. The van der Waals surface area contributed by atoms with Gasteiger partial charge in [0.15, 0.2) is 22.9 Å². The third kappa shape index (κ3) is 6.99. The predicted octanol–water partition coefficient (Wildman–Crippen LogP) is 4.54. The Balaban J connectivity index is 1.60. The average molecular weight is 629 g/mol. The third-order valence-electron chi connectivity index (χ3n) is 6.81. The van der Waals surface area contributed by atoms with E-state index in [0.29, 0.717) is 50.2 Å². The number of thiazole rings is 1. The normalized spacial score (nSPS) is 14.3. The molecule has 1 aliphatic rings. The van der Waals surface area contributed by atoms with E-state index in [-0.39, 0.29) is 24.3 Å². The molecule has 0 spiro atoms. The van der Waals surface area contributed by atoms with Gasteiger partial charge in [0, 0.05) is 0 Å². The van der Waals surface area contributed by atoms with Crippen molar-refractivity contribution in [2.75, 3.05) is 26.9 Å². The van der Waals surface area contributed by atoms with Gasteiger partial charge in [-0.2, -0.15) is 0 Å². The molecule has 0 saturated heterocycles. The van der Waals surface area contributed by atoms with Crippen molar-refractivity contribution in [1.29, 1.82) is 0 Å². The summed E-state index contributed by atoms with van der Waals surface area (Å²) in [5, 5.41) is 0. The summed E-state index contributed by atoms with van der Waals surface area (Å²) in [4.78, 5) is 44.1. The number of methoxy groups -OCH3 is 1. The molecule has 10 nitrogen and oxygen atoms in total. The third-order valence-corrected chi connectivity index (χ3v) is 7.79. The molecule has 1 aromatic heterocycles. The summed E-state index contributed by atoms with van der Waals surface area (Å²) in [6.45, 7) is 5.41. The van der Waals surface area contributed by atoms with Crippen LogP contribution in [0.5, 0.6) is 23.0 Å². The Morgan fingerprint density at radius 2 is 1.71 bits per heavy atom. The van der Waals surface area contributed by atoms with Crippen LogP contribution in [0.4, 0.5) is 0 Å². The monoisotopic (exact) mass is 628 g/mol. The molecule has 11 heteroatoms. The topological polar surface area (TPSA) is 115 Å². The summed E-state index contributed by atoms with van der Waals surface area (Å²) in [6.07, 6.45) is 1.78. The Bertz CT molecular complexity index is 1930. The molecule has 232 valence electrons. The van der Waals surface area contributed by atoms with Gasteiger partial charge >= 0.3 is 11.9 Å². The summed E-state index contributed by atoms with van der Waals surface area (Å²) in [7, 11) is 1.27. The van der Waals surface area contributed by atoms with Gasteiger partial charge in [-0.15, -0.1) is 0 Å². The summed E-state index contributed by atoms with van der Waals surface area (Å²) in [6, 6.07) is 21.0. The van der Waals surface area contributed by atoms with Crippen molar-refractivity contribution in [3.05, 3.63) is 115 Å². The van der Waals surface area contributed by atoms with Crippen LogP contribution in [0.3, 0.4) is 0 Å². The molecule has 1 atom stereocenters. The number of fused-ring (bicyclic) bond motifs is 1. The highest BCUT2D eigenvalue weighted by Crippen LogP contribution is 2.36. The summed E-state index contributed by atoms with van der Waals surface area (Å²) < 4.78 is 29.4. The number of nitrogens with zero attached hydrogens (tertiary/aromatic N) is 2. The Morgan fingerprint density at radius 3 is 2.44 bits per heavy atom. The van der Waals surface area contributed by atoms with Gasteiger partial charge in [0.25, 0.3) is 5.56 Å². The second kappa shape index (κ2) is 14.1. The Hall–Kier alpha value is -5.16. The molecule has 5 rings (SSSR count). The SMILES string of the molecule is CCOC(=O)C1=C(C)N=c2s/c(=C\c3cccc(Oc4ccccc4)c3)c(=O)n2[C@H]1c1ccc(OCC(=O)OC)c(OCC)c1. The highest BCUT2D eigenvalue weighted by Gasteiger charge is 2.34. The standard InChI is InChI=1S/C34H32N2O8S/c1-5-41-27-19-23(15-16-26(27)43-20-29(37)40-4)31-30(33(39)42-6-2)21(3)35-34-36(31)32(38)28(45-34)18-22-11-10-14-25(17-22)44-24-12-8-7-9-13-24/h7-19,31H,5-6,20H2,1-4H3/b28-18-/t31-/m0/s1. The molecule has 0 amide bonds. The smallest absolute Gasteiger partial charge is 0.343 e. The largest absolute Gasteiger partial charge is 0.490 e. The molecule has 2 heterocycles. The number of rotatable bonds is 11. The van der Waals surface area contributed by atoms with Gasteiger partial charge in [-0.1, -0.05) is 47.7 Å². The fourth-order valence-corrected chi connectivity index (χ4v) is 5.88. The molecule has 0 radical (unpaired) electrons. The number of ether oxygens (including phenoxy) is 5. The molecule has 4 aromatic rings. The lowest BCUT2D eigenvalue weighted by Crippen LogP contribution is -2.40. The van der Waals surface area contributed by atoms with Crippen molar-refractivity contribution in [2.24, 2.45) is 4.99 Å². The number of esters is 2. The minimum atomic E-state index is -0.857. The lowest BCUT2D eigenvalue weighted by Gasteiger charge is -2.25. The number of hydrogen-bond donors (Lipinski definition) is 0. The van der Waals surface area contributed by atoms with Gasteiger partial charge in [0.05, 0.1) is 42.2 Å². The summed E-state index contributed by atoms with van der Waals surface area (Å²) >= 11 is 1.22. The molecule has 0 unspecified atom stereocenters. The first-order valence-electron chi connectivity index (χ1n) is 14.3. The predicted molar refractivity (Wildman–Crippen MR) is 168 cm³/mol. The van der Waals surface area contributed by atoms with Crippen LogP contribution >= 0.6 is 11.3 Å². The van der Waals surface area contributed by atoms with Crippen LogP contribution in [0.2, 0.25) is 0 Å². The molecule has 0 N–H and O–H groups in total. The molecule has 0 saturated carbocycles. The average Bonchev–Trinajstić information content (AvgIpc) is 3.34. The van der Waals surface area contributed by atoms with Crippen molar-refractivity contribution in [1.82, 2.24) is 4.57 Å². The lowest BCUT2D eigenvalue weighted by molar-refractivity contribution is -0.143. The van der Waals surface area contributed by atoms with Crippen LogP contribution in [0.25, 0.3) is 6.08 Å². The second-order valence-electron chi connectivity index (χ2n) is 9.79. The first kappa shape index (κ1) is 31.3. The highest BCUT2D eigenvalue weighted by molar-refractivity contribution is 7.07. The second-order valence-corrected chi connectivity index (χ2v) is 10.8. The van der Waals surface area contributed by atoms with E-state index >= 15 is 0 Å². The van der Waals surface area contributed by atoms with E-state index in [1.54, 1.807) is 38.1 Å². The number of allylic oxidation sites excluding steroid dienone is 1. The summed E-state index contributed by atoms with van der Waals surface area (Å²) in [5.74, 6) is 0.855. The van der Waals surface area contributed by atoms with Crippen molar-refractivity contribution < 1.29 is 33.3 Å². The van der Waals surface area contributed by atoms with Gasteiger partial charge in [-0.25, -0.2) is 14.6 Å². The molecule has 1 aliphatic heterocycles. The highest BCUT2D eigenvalue weighted by atomic mass is 32.1. The Morgan fingerprint density at radius 1 is 0.933 bits per heavy atom.